The van der Waals surface area contributed by atoms with Crippen LogP contribution in [-0.4, -0.2) is 12.6 Å². The smallest absolute Gasteiger partial charge is 0.302 e. The monoisotopic (exact) mass is 154 g/mol. The third-order valence-corrected chi connectivity index (χ3v) is 1.20. The van der Waals surface area contributed by atoms with Crippen molar-refractivity contribution in [3.8, 4) is 0 Å². The first-order chi connectivity index (χ1) is 5.16. The van der Waals surface area contributed by atoms with E-state index in [0.29, 0.717) is 6.61 Å². The zero-order valence-corrected chi connectivity index (χ0v) is 7.09. The van der Waals surface area contributed by atoms with E-state index < -0.39 is 0 Å². The fourth-order valence-corrected chi connectivity index (χ4v) is 0.640. The molecule has 0 amide bonds. The molecular formula is C9H14O2. The third kappa shape index (κ3) is 6.84. The molecule has 0 saturated carbocycles. The molecule has 2 heteroatoms. The van der Waals surface area contributed by atoms with E-state index in [1.807, 2.05) is 13.0 Å². The molecule has 0 spiro atoms. The second-order valence-corrected chi connectivity index (χ2v) is 2.34. The number of hydrogen-bond donors (Lipinski definition) is 0. The highest BCUT2D eigenvalue weighted by atomic mass is 16.5. The van der Waals surface area contributed by atoms with Gasteiger partial charge in [0.15, 0.2) is 0 Å². The number of carbonyl (C=O) groups is 1. The van der Waals surface area contributed by atoms with Gasteiger partial charge < -0.3 is 4.74 Å². The molecule has 0 saturated heterocycles. The van der Waals surface area contributed by atoms with Crippen LogP contribution in [0.15, 0.2) is 24.3 Å². The Labute approximate surface area is 67.6 Å². The lowest BCUT2D eigenvalue weighted by molar-refractivity contribution is -0.140. The van der Waals surface area contributed by atoms with Crippen LogP contribution in [0.1, 0.15) is 20.3 Å². The van der Waals surface area contributed by atoms with E-state index >= 15 is 0 Å². The second kappa shape index (κ2) is 5.71. The fourth-order valence-electron chi connectivity index (χ4n) is 0.640. The molecule has 0 aliphatic rings. The summed E-state index contributed by atoms with van der Waals surface area (Å²) in [6.45, 7) is 7.41. The summed E-state index contributed by atoms with van der Waals surface area (Å²) in [4.78, 5) is 10.3. The van der Waals surface area contributed by atoms with Crippen molar-refractivity contribution < 1.29 is 9.53 Å². The largest absolute Gasteiger partial charge is 0.466 e. The Bertz CT molecular complexity index is 168. The summed E-state index contributed by atoms with van der Waals surface area (Å²) < 4.78 is 4.74. The minimum atomic E-state index is -0.226. The predicted octanol–water partition coefficient (Wildman–Crippen LogP) is 2.07. The van der Waals surface area contributed by atoms with Crippen LogP contribution >= 0.6 is 0 Å². The maximum Gasteiger partial charge on any atom is 0.302 e. The SMILES string of the molecule is C=C/C=C(\C)CCOC(C)=O. The highest BCUT2D eigenvalue weighted by Gasteiger charge is 1.92. The molecule has 0 aromatic heterocycles. The van der Waals surface area contributed by atoms with Gasteiger partial charge in [-0.2, -0.15) is 0 Å². The molecule has 0 heterocycles. The van der Waals surface area contributed by atoms with Crippen molar-refractivity contribution in [1.82, 2.24) is 0 Å². The summed E-state index contributed by atoms with van der Waals surface area (Å²) in [5, 5.41) is 0. The maximum atomic E-state index is 10.3. The molecule has 0 rings (SSSR count). The average molecular weight is 154 g/mol. The van der Waals surface area contributed by atoms with Gasteiger partial charge in [0.05, 0.1) is 6.61 Å². The Hall–Kier alpha value is -1.05. The zero-order valence-electron chi connectivity index (χ0n) is 7.09. The topological polar surface area (TPSA) is 26.3 Å². The van der Waals surface area contributed by atoms with Crippen molar-refractivity contribution in [1.29, 1.82) is 0 Å². The van der Waals surface area contributed by atoms with Gasteiger partial charge in [-0.3, -0.25) is 4.79 Å². The first kappa shape index (κ1) is 9.95. The van der Waals surface area contributed by atoms with E-state index in [4.69, 9.17) is 4.74 Å². The molecule has 0 aromatic carbocycles. The predicted molar refractivity (Wildman–Crippen MR) is 45.2 cm³/mol. The number of allylic oxidation sites excluding steroid dienone is 2. The number of ether oxygens (including phenoxy) is 1. The van der Waals surface area contributed by atoms with E-state index in [-0.39, 0.29) is 5.97 Å². The number of carbonyl (C=O) groups excluding carboxylic acids is 1. The van der Waals surface area contributed by atoms with E-state index in [2.05, 4.69) is 6.58 Å². The van der Waals surface area contributed by atoms with Crippen molar-refractivity contribution >= 4 is 5.97 Å². The van der Waals surface area contributed by atoms with E-state index in [9.17, 15) is 4.79 Å². The van der Waals surface area contributed by atoms with Crippen LogP contribution in [0, 0.1) is 0 Å². The van der Waals surface area contributed by atoms with Crippen molar-refractivity contribution in [2.24, 2.45) is 0 Å². The Morgan fingerprint density at radius 1 is 1.55 bits per heavy atom. The molecular weight excluding hydrogens is 140 g/mol. The van der Waals surface area contributed by atoms with Crippen molar-refractivity contribution in [2.45, 2.75) is 20.3 Å². The van der Waals surface area contributed by atoms with Crippen molar-refractivity contribution in [2.75, 3.05) is 6.61 Å². The molecule has 2 nitrogen and oxygen atoms in total. The van der Waals surface area contributed by atoms with E-state index in [1.54, 1.807) is 6.08 Å². The van der Waals surface area contributed by atoms with Gasteiger partial charge >= 0.3 is 5.97 Å². The third-order valence-electron chi connectivity index (χ3n) is 1.20. The number of rotatable bonds is 4. The molecule has 11 heavy (non-hydrogen) atoms. The van der Waals surface area contributed by atoms with Crippen LogP contribution in [0.5, 0.6) is 0 Å². The molecule has 0 atom stereocenters. The summed E-state index contributed by atoms with van der Waals surface area (Å²) in [6, 6.07) is 0. The van der Waals surface area contributed by atoms with E-state index in [0.717, 1.165) is 6.42 Å². The minimum absolute atomic E-state index is 0.226. The van der Waals surface area contributed by atoms with Gasteiger partial charge in [0.25, 0.3) is 0 Å². The molecule has 0 N–H and O–H groups in total. The maximum absolute atomic E-state index is 10.3. The van der Waals surface area contributed by atoms with Crippen LogP contribution in [0.2, 0.25) is 0 Å². The van der Waals surface area contributed by atoms with Gasteiger partial charge in [-0.1, -0.05) is 24.3 Å². The Morgan fingerprint density at radius 3 is 2.64 bits per heavy atom. The van der Waals surface area contributed by atoms with Gasteiger partial charge in [-0.15, -0.1) is 0 Å². The number of esters is 1. The Morgan fingerprint density at radius 2 is 2.18 bits per heavy atom. The first-order valence-corrected chi connectivity index (χ1v) is 3.58. The van der Waals surface area contributed by atoms with Crippen molar-refractivity contribution in [3.63, 3.8) is 0 Å². The molecule has 0 unspecified atom stereocenters. The lowest BCUT2D eigenvalue weighted by atomic mass is 10.2. The lowest BCUT2D eigenvalue weighted by Crippen LogP contribution is -2.00. The fraction of sp³-hybridized carbons (Fsp3) is 0.444. The molecule has 0 bridgehead atoms. The van der Waals surface area contributed by atoms with Crippen LogP contribution in [0.25, 0.3) is 0 Å². The number of hydrogen-bond acceptors (Lipinski definition) is 2. The Balaban J connectivity index is 3.46. The molecule has 0 radical (unpaired) electrons. The normalized spacial score (nSPS) is 10.9. The van der Waals surface area contributed by atoms with Crippen LogP contribution in [0.4, 0.5) is 0 Å². The van der Waals surface area contributed by atoms with Crippen molar-refractivity contribution in [3.05, 3.63) is 24.3 Å². The molecule has 62 valence electrons. The summed E-state index contributed by atoms with van der Waals surface area (Å²) >= 11 is 0. The highest BCUT2D eigenvalue weighted by Crippen LogP contribution is 1.99. The van der Waals surface area contributed by atoms with Gasteiger partial charge in [-0.25, -0.2) is 0 Å². The van der Waals surface area contributed by atoms with Gasteiger partial charge in [0.2, 0.25) is 0 Å². The van der Waals surface area contributed by atoms with E-state index in [1.165, 1.54) is 12.5 Å². The van der Waals surface area contributed by atoms with Crippen LogP contribution in [0.3, 0.4) is 0 Å². The van der Waals surface area contributed by atoms with Crippen LogP contribution in [-0.2, 0) is 9.53 Å². The molecule has 0 aliphatic heterocycles. The van der Waals surface area contributed by atoms with Gasteiger partial charge in [0.1, 0.15) is 0 Å². The lowest BCUT2D eigenvalue weighted by Gasteiger charge is -2.00. The molecule has 0 aliphatic carbocycles. The average Bonchev–Trinajstić information content (AvgIpc) is 1.87. The second-order valence-electron chi connectivity index (χ2n) is 2.34. The van der Waals surface area contributed by atoms with Gasteiger partial charge in [-0.05, 0) is 6.92 Å². The molecule has 0 aromatic rings. The zero-order chi connectivity index (χ0) is 8.69. The van der Waals surface area contributed by atoms with Crippen LogP contribution < -0.4 is 0 Å². The highest BCUT2D eigenvalue weighted by molar-refractivity contribution is 5.65. The quantitative estimate of drug-likeness (QED) is 0.457. The Kier molecular flexibility index (Phi) is 5.17. The summed E-state index contributed by atoms with van der Waals surface area (Å²) in [5.74, 6) is -0.226. The molecule has 0 fully saturated rings. The standard InChI is InChI=1S/C9H14O2/c1-4-5-8(2)6-7-11-9(3)10/h4-5H,1,6-7H2,2-3H3/b8-5+. The summed E-state index contributed by atoms with van der Waals surface area (Å²) in [6.07, 6.45) is 4.41. The minimum Gasteiger partial charge on any atom is -0.466 e. The summed E-state index contributed by atoms with van der Waals surface area (Å²) in [5.41, 5.74) is 1.17. The first-order valence-electron chi connectivity index (χ1n) is 3.58. The summed E-state index contributed by atoms with van der Waals surface area (Å²) in [7, 11) is 0. The van der Waals surface area contributed by atoms with Gasteiger partial charge in [0, 0.05) is 13.3 Å².